The zero-order valence-corrected chi connectivity index (χ0v) is 10.3. The number of thiophene rings is 1. The summed E-state index contributed by atoms with van der Waals surface area (Å²) in [6.07, 6.45) is 2.87. The Kier molecular flexibility index (Phi) is 4.18. The van der Waals surface area contributed by atoms with E-state index in [0.29, 0.717) is 12.1 Å². The third kappa shape index (κ3) is 3.23. The molecular weight excluding hydrogens is 250 g/mol. The van der Waals surface area contributed by atoms with Gasteiger partial charge in [-0.3, -0.25) is 4.79 Å². The third-order valence-corrected chi connectivity index (χ3v) is 3.11. The Morgan fingerprint density at radius 1 is 1.56 bits per heavy atom. The SMILES string of the molecule is O=C(NCc1cc(C#CCO)cs1)c1ccoc1. The van der Waals surface area contributed by atoms with Crippen molar-refractivity contribution in [1.29, 1.82) is 0 Å². The fourth-order valence-corrected chi connectivity index (χ4v) is 2.10. The third-order valence-electron chi connectivity index (χ3n) is 2.17. The van der Waals surface area contributed by atoms with Gasteiger partial charge >= 0.3 is 0 Å². The smallest absolute Gasteiger partial charge is 0.254 e. The Labute approximate surface area is 108 Å². The minimum atomic E-state index is -0.167. The van der Waals surface area contributed by atoms with E-state index >= 15 is 0 Å². The van der Waals surface area contributed by atoms with Gasteiger partial charge in [0.15, 0.2) is 0 Å². The number of nitrogens with one attached hydrogen (secondary N) is 1. The second-order valence-corrected chi connectivity index (χ2v) is 4.45. The van der Waals surface area contributed by atoms with Crippen LogP contribution in [0.15, 0.2) is 34.5 Å². The van der Waals surface area contributed by atoms with Crippen molar-refractivity contribution in [2.45, 2.75) is 6.54 Å². The van der Waals surface area contributed by atoms with Gasteiger partial charge in [-0.05, 0) is 12.1 Å². The lowest BCUT2D eigenvalue weighted by molar-refractivity contribution is 0.0950. The number of aliphatic hydroxyl groups excluding tert-OH is 1. The monoisotopic (exact) mass is 261 g/mol. The predicted octanol–water partition coefficient (Wildman–Crippen LogP) is 1.61. The molecule has 2 aromatic rings. The number of hydrogen-bond acceptors (Lipinski definition) is 4. The number of carbonyl (C=O) groups excluding carboxylic acids is 1. The largest absolute Gasteiger partial charge is 0.472 e. The molecule has 18 heavy (non-hydrogen) atoms. The zero-order valence-electron chi connectivity index (χ0n) is 9.47. The maximum absolute atomic E-state index is 11.6. The van der Waals surface area contributed by atoms with Gasteiger partial charge in [-0.1, -0.05) is 11.8 Å². The summed E-state index contributed by atoms with van der Waals surface area (Å²) < 4.78 is 4.84. The van der Waals surface area contributed by atoms with Crippen molar-refractivity contribution in [3.8, 4) is 11.8 Å². The first-order valence-electron chi connectivity index (χ1n) is 5.27. The van der Waals surface area contributed by atoms with Crippen molar-refractivity contribution in [3.63, 3.8) is 0 Å². The summed E-state index contributed by atoms with van der Waals surface area (Å²) >= 11 is 1.52. The predicted molar refractivity (Wildman–Crippen MR) is 68.2 cm³/mol. The van der Waals surface area contributed by atoms with Crippen molar-refractivity contribution in [2.24, 2.45) is 0 Å². The second kappa shape index (κ2) is 6.05. The van der Waals surface area contributed by atoms with Crippen LogP contribution in [0.25, 0.3) is 0 Å². The number of carbonyl (C=O) groups is 1. The summed E-state index contributed by atoms with van der Waals surface area (Å²) in [4.78, 5) is 12.6. The molecule has 0 unspecified atom stereocenters. The van der Waals surface area contributed by atoms with Gasteiger partial charge in [0.05, 0.1) is 18.4 Å². The van der Waals surface area contributed by atoms with Crippen LogP contribution >= 0.6 is 11.3 Å². The van der Waals surface area contributed by atoms with Crippen molar-refractivity contribution >= 4 is 17.2 Å². The topological polar surface area (TPSA) is 62.5 Å². The van der Waals surface area contributed by atoms with Crippen LogP contribution < -0.4 is 5.32 Å². The van der Waals surface area contributed by atoms with Gasteiger partial charge < -0.3 is 14.8 Å². The van der Waals surface area contributed by atoms with Crippen LogP contribution in [0.5, 0.6) is 0 Å². The lowest BCUT2D eigenvalue weighted by Crippen LogP contribution is -2.21. The molecular formula is C13H11NO3S. The van der Waals surface area contributed by atoms with Crippen molar-refractivity contribution in [3.05, 3.63) is 46.0 Å². The first-order chi connectivity index (χ1) is 8.79. The Morgan fingerprint density at radius 3 is 3.17 bits per heavy atom. The summed E-state index contributed by atoms with van der Waals surface area (Å²) in [6.45, 7) is 0.303. The van der Waals surface area contributed by atoms with Crippen LogP contribution in [0, 0.1) is 11.8 Å². The normalized spacial score (nSPS) is 9.61. The molecule has 0 aromatic carbocycles. The highest BCUT2D eigenvalue weighted by molar-refractivity contribution is 7.10. The number of rotatable bonds is 3. The Balaban J connectivity index is 1.90. The maximum Gasteiger partial charge on any atom is 0.254 e. The summed E-state index contributed by atoms with van der Waals surface area (Å²) in [5.74, 6) is 5.22. The zero-order chi connectivity index (χ0) is 12.8. The molecule has 0 atom stereocenters. The minimum Gasteiger partial charge on any atom is -0.472 e. The second-order valence-electron chi connectivity index (χ2n) is 3.46. The van der Waals surface area contributed by atoms with Crippen LogP contribution in [0.2, 0.25) is 0 Å². The molecule has 5 heteroatoms. The van der Waals surface area contributed by atoms with Gasteiger partial charge in [-0.25, -0.2) is 0 Å². The summed E-state index contributed by atoms with van der Waals surface area (Å²) in [7, 11) is 0. The van der Waals surface area contributed by atoms with E-state index in [9.17, 15) is 4.79 Å². The van der Waals surface area contributed by atoms with Gasteiger partial charge in [0.2, 0.25) is 0 Å². The molecule has 2 rings (SSSR count). The Bertz CT molecular complexity index is 575. The van der Waals surface area contributed by atoms with Crippen LogP contribution in [0.3, 0.4) is 0 Å². The highest BCUT2D eigenvalue weighted by Crippen LogP contribution is 2.13. The molecule has 92 valence electrons. The number of amides is 1. The van der Waals surface area contributed by atoms with Gasteiger partial charge in [0.1, 0.15) is 12.9 Å². The van der Waals surface area contributed by atoms with E-state index in [0.717, 1.165) is 10.4 Å². The Hall–Kier alpha value is -2.03. The van der Waals surface area contributed by atoms with Gasteiger partial charge in [-0.15, -0.1) is 11.3 Å². The number of furan rings is 1. The van der Waals surface area contributed by atoms with Crippen LogP contribution in [0.4, 0.5) is 0 Å². The first-order valence-corrected chi connectivity index (χ1v) is 6.15. The quantitative estimate of drug-likeness (QED) is 0.825. The minimum absolute atomic E-state index is 0.150. The summed E-state index contributed by atoms with van der Waals surface area (Å²) in [5, 5.41) is 13.3. The van der Waals surface area contributed by atoms with E-state index in [1.54, 1.807) is 6.07 Å². The molecule has 0 aliphatic heterocycles. The maximum atomic E-state index is 11.6. The molecule has 0 aliphatic rings. The standard InChI is InChI=1S/C13H11NO3S/c15-4-1-2-10-6-12(18-9-10)7-14-13(16)11-3-5-17-8-11/h3,5-6,8-9,15H,4,7H2,(H,14,16). The molecule has 2 aromatic heterocycles. The molecule has 1 amide bonds. The molecule has 0 aliphatic carbocycles. The van der Waals surface area contributed by atoms with Gasteiger partial charge in [-0.2, -0.15) is 0 Å². The van der Waals surface area contributed by atoms with E-state index in [-0.39, 0.29) is 12.5 Å². The van der Waals surface area contributed by atoms with Crippen LogP contribution in [-0.4, -0.2) is 17.6 Å². The van der Waals surface area contributed by atoms with E-state index in [1.807, 2.05) is 11.4 Å². The average Bonchev–Trinajstić information content (AvgIpc) is 3.04. The van der Waals surface area contributed by atoms with Crippen molar-refractivity contribution in [2.75, 3.05) is 6.61 Å². The molecule has 0 bridgehead atoms. The van der Waals surface area contributed by atoms with Gasteiger partial charge in [0.25, 0.3) is 5.91 Å². The number of hydrogen-bond donors (Lipinski definition) is 2. The molecule has 0 radical (unpaired) electrons. The van der Waals surface area contributed by atoms with Crippen molar-refractivity contribution in [1.82, 2.24) is 5.32 Å². The van der Waals surface area contributed by atoms with Crippen LogP contribution in [-0.2, 0) is 6.54 Å². The highest BCUT2D eigenvalue weighted by Gasteiger charge is 2.06. The highest BCUT2D eigenvalue weighted by atomic mass is 32.1. The van der Waals surface area contributed by atoms with E-state index in [4.69, 9.17) is 9.52 Å². The fourth-order valence-electron chi connectivity index (χ4n) is 1.34. The lowest BCUT2D eigenvalue weighted by atomic mass is 10.3. The van der Waals surface area contributed by atoms with E-state index in [2.05, 4.69) is 17.2 Å². The Morgan fingerprint density at radius 2 is 2.44 bits per heavy atom. The first kappa shape index (κ1) is 12.4. The molecule has 4 nitrogen and oxygen atoms in total. The van der Waals surface area contributed by atoms with Crippen molar-refractivity contribution < 1.29 is 14.3 Å². The summed E-state index contributed by atoms with van der Waals surface area (Å²) in [5.41, 5.74) is 1.36. The molecule has 0 fully saturated rings. The van der Waals surface area contributed by atoms with Crippen LogP contribution in [0.1, 0.15) is 20.8 Å². The fraction of sp³-hybridized carbons (Fsp3) is 0.154. The molecule has 0 saturated carbocycles. The molecule has 2 heterocycles. The van der Waals surface area contributed by atoms with E-state index < -0.39 is 0 Å². The number of aliphatic hydroxyl groups is 1. The average molecular weight is 261 g/mol. The molecule has 0 spiro atoms. The lowest BCUT2D eigenvalue weighted by Gasteiger charge is -2.00. The molecule has 0 saturated heterocycles. The van der Waals surface area contributed by atoms with E-state index in [1.165, 1.54) is 23.9 Å². The molecule has 2 N–H and O–H groups in total. The summed E-state index contributed by atoms with van der Waals surface area (Å²) in [6, 6.07) is 3.50. The van der Waals surface area contributed by atoms with Gasteiger partial charge in [0, 0.05) is 15.8 Å².